The number of carbonyl (C=O) groups excluding carboxylic acids is 1. The largest absolute Gasteiger partial charge is 0.328 e. The van der Waals surface area contributed by atoms with Crippen molar-refractivity contribution >= 4 is 39.4 Å². The number of rotatable bonds is 3. The zero-order chi connectivity index (χ0) is 16.7. The normalized spacial score (nSPS) is 19.8. The van der Waals surface area contributed by atoms with Gasteiger partial charge in [0.1, 0.15) is 6.04 Å². The first kappa shape index (κ1) is 15.9. The topological polar surface area (TPSA) is 59.8 Å². The van der Waals surface area contributed by atoms with Gasteiger partial charge in [0.05, 0.1) is 0 Å². The fourth-order valence-corrected chi connectivity index (χ4v) is 4.28. The third-order valence-corrected chi connectivity index (χ3v) is 5.50. The molecule has 0 radical (unpaired) electrons. The summed E-state index contributed by atoms with van der Waals surface area (Å²) in [5.41, 5.74) is 2.89. The highest BCUT2D eigenvalue weighted by Gasteiger charge is 2.36. The number of fused-ring (bicyclic) bond motifs is 1. The molecule has 2 aliphatic rings. The van der Waals surface area contributed by atoms with Crippen LogP contribution < -0.4 is 5.32 Å². The summed E-state index contributed by atoms with van der Waals surface area (Å²) in [6.07, 6.45) is 2.38. The van der Waals surface area contributed by atoms with Crippen LogP contribution in [0.2, 0.25) is 0 Å². The van der Waals surface area contributed by atoms with Gasteiger partial charge in [-0.3, -0.25) is 4.79 Å². The summed E-state index contributed by atoms with van der Waals surface area (Å²) in [5.74, 6) is 1.85. The van der Waals surface area contributed by atoms with Crippen LogP contribution in [0, 0.1) is 0 Å². The highest BCUT2D eigenvalue weighted by molar-refractivity contribution is 9.10. The number of thioether (sulfide) groups is 1. The second-order valence-electron chi connectivity index (χ2n) is 5.85. The fourth-order valence-electron chi connectivity index (χ4n) is 3.31. The third-order valence-electron chi connectivity index (χ3n) is 4.29. The van der Waals surface area contributed by atoms with Crippen molar-refractivity contribution in [1.29, 1.82) is 0 Å². The Balaban J connectivity index is 1.88. The Labute approximate surface area is 153 Å². The molecule has 1 aromatic carbocycles. The molecular formula is C17H17BrN4OS. The molecule has 24 heavy (non-hydrogen) atoms. The maximum absolute atomic E-state index is 12.7. The minimum absolute atomic E-state index is 0.208. The van der Waals surface area contributed by atoms with E-state index in [2.05, 4.69) is 44.3 Å². The van der Waals surface area contributed by atoms with Gasteiger partial charge >= 0.3 is 0 Å². The van der Waals surface area contributed by atoms with E-state index < -0.39 is 0 Å². The van der Waals surface area contributed by atoms with Crippen molar-refractivity contribution in [3.63, 3.8) is 0 Å². The van der Waals surface area contributed by atoms with E-state index in [1.807, 2.05) is 22.9 Å². The number of halogens is 1. The van der Waals surface area contributed by atoms with Crippen molar-refractivity contribution in [1.82, 2.24) is 14.8 Å². The Hall–Kier alpha value is -1.60. The molecule has 4 rings (SSSR count). The molecule has 7 heteroatoms. The molecule has 5 nitrogen and oxygen atoms in total. The van der Waals surface area contributed by atoms with Crippen molar-refractivity contribution in [2.24, 2.45) is 0 Å². The number of carbonyl (C=O) groups is 1. The Morgan fingerprint density at radius 2 is 2.29 bits per heavy atom. The summed E-state index contributed by atoms with van der Waals surface area (Å²) in [4.78, 5) is 17.3. The summed E-state index contributed by atoms with van der Waals surface area (Å²) < 4.78 is 2.86. The molecule has 0 fully saturated rings. The third kappa shape index (κ3) is 2.69. The lowest BCUT2D eigenvalue weighted by Crippen LogP contribution is -2.31. The summed E-state index contributed by atoms with van der Waals surface area (Å²) in [5, 5.41) is 8.75. The molecular weight excluding hydrogens is 388 g/mol. The number of benzene rings is 1. The maximum atomic E-state index is 12.7. The van der Waals surface area contributed by atoms with E-state index >= 15 is 0 Å². The molecule has 0 saturated heterocycles. The van der Waals surface area contributed by atoms with E-state index in [4.69, 9.17) is 0 Å². The second kappa shape index (κ2) is 6.37. The Kier molecular flexibility index (Phi) is 4.22. The van der Waals surface area contributed by atoms with E-state index in [1.54, 1.807) is 11.8 Å². The molecule has 1 aromatic heterocycles. The first-order chi connectivity index (χ1) is 11.7. The monoisotopic (exact) mass is 404 g/mol. The van der Waals surface area contributed by atoms with Gasteiger partial charge in [0.15, 0.2) is 5.78 Å². The van der Waals surface area contributed by atoms with Crippen LogP contribution in [-0.4, -0.2) is 26.3 Å². The molecule has 0 saturated carbocycles. The number of Topliss-reactive ketones (excluding diaryl/α,β-unsaturated/α-hetero) is 1. The predicted molar refractivity (Wildman–Crippen MR) is 98.2 cm³/mol. The van der Waals surface area contributed by atoms with E-state index in [-0.39, 0.29) is 11.8 Å². The predicted octanol–water partition coefficient (Wildman–Crippen LogP) is 4.17. The lowest BCUT2D eigenvalue weighted by molar-refractivity contribution is -0.116. The van der Waals surface area contributed by atoms with Gasteiger partial charge in [-0.2, -0.15) is 4.98 Å². The zero-order valence-electron chi connectivity index (χ0n) is 13.3. The first-order valence-corrected chi connectivity index (χ1v) is 9.83. The molecule has 2 aromatic rings. The lowest BCUT2D eigenvalue weighted by Gasteiger charge is -2.32. The summed E-state index contributed by atoms with van der Waals surface area (Å²) >= 11 is 5.14. The summed E-state index contributed by atoms with van der Waals surface area (Å²) in [6, 6.07) is 7.88. The van der Waals surface area contributed by atoms with Gasteiger partial charge in [-0.15, -0.1) is 5.10 Å². The number of ketones is 1. The summed E-state index contributed by atoms with van der Waals surface area (Å²) in [7, 11) is 0. The van der Waals surface area contributed by atoms with Crippen LogP contribution in [0.4, 0.5) is 5.95 Å². The first-order valence-electron chi connectivity index (χ1n) is 8.05. The minimum atomic E-state index is -0.208. The average Bonchev–Trinajstić information content (AvgIpc) is 2.95. The number of nitrogens with zero attached hydrogens (tertiary/aromatic N) is 3. The molecule has 2 heterocycles. The number of anilines is 1. The number of nitrogens with one attached hydrogen (secondary N) is 1. The van der Waals surface area contributed by atoms with Gasteiger partial charge in [0, 0.05) is 22.2 Å². The fraction of sp³-hybridized carbons (Fsp3) is 0.353. The highest BCUT2D eigenvalue weighted by Crippen LogP contribution is 2.40. The molecule has 1 aliphatic carbocycles. The van der Waals surface area contributed by atoms with Crippen LogP contribution in [0.25, 0.3) is 0 Å². The van der Waals surface area contributed by atoms with Crippen molar-refractivity contribution in [2.75, 3.05) is 11.1 Å². The lowest BCUT2D eigenvalue weighted by atomic mass is 9.85. The second-order valence-corrected chi connectivity index (χ2v) is 7.99. The van der Waals surface area contributed by atoms with Crippen molar-refractivity contribution in [3.8, 4) is 0 Å². The van der Waals surface area contributed by atoms with Crippen LogP contribution in [0.5, 0.6) is 0 Å². The highest BCUT2D eigenvalue weighted by atomic mass is 79.9. The van der Waals surface area contributed by atoms with Crippen molar-refractivity contribution in [2.45, 2.75) is 37.4 Å². The van der Waals surface area contributed by atoms with Gasteiger partial charge < -0.3 is 5.32 Å². The van der Waals surface area contributed by atoms with Crippen LogP contribution in [-0.2, 0) is 4.79 Å². The molecule has 124 valence electrons. The van der Waals surface area contributed by atoms with Gasteiger partial charge in [0.25, 0.3) is 0 Å². The van der Waals surface area contributed by atoms with Gasteiger partial charge in [-0.05, 0) is 36.3 Å². The smallest absolute Gasteiger partial charge is 0.227 e. The van der Waals surface area contributed by atoms with Crippen LogP contribution >= 0.6 is 27.7 Å². The zero-order valence-corrected chi connectivity index (χ0v) is 15.7. The Bertz CT molecular complexity index is 845. The van der Waals surface area contributed by atoms with E-state index in [0.29, 0.717) is 6.42 Å². The van der Waals surface area contributed by atoms with Crippen LogP contribution in [0.15, 0.2) is 45.2 Å². The van der Waals surface area contributed by atoms with Gasteiger partial charge in [-0.25, -0.2) is 4.68 Å². The molecule has 1 N–H and O–H groups in total. The Morgan fingerprint density at radius 3 is 3.08 bits per heavy atom. The van der Waals surface area contributed by atoms with Crippen molar-refractivity contribution < 1.29 is 4.79 Å². The Morgan fingerprint density at radius 1 is 1.42 bits per heavy atom. The summed E-state index contributed by atoms with van der Waals surface area (Å²) in [6.45, 7) is 2.08. The van der Waals surface area contributed by atoms with Gasteiger partial charge in [0.2, 0.25) is 11.1 Å². The van der Waals surface area contributed by atoms with E-state index in [9.17, 15) is 4.79 Å². The van der Waals surface area contributed by atoms with Gasteiger partial charge in [-0.1, -0.05) is 46.7 Å². The van der Waals surface area contributed by atoms with E-state index in [1.165, 1.54) is 0 Å². The van der Waals surface area contributed by atoms with Crippen molar-refractivity contribution in [3.05, 3.63) is 45.6 Å². The SMILES string of the molecule is CCSc1nc2n(n1)C(c1cccc(Br)c1)C1=C(CCCC1=O)N2. The molecule has 0 bridgehead atoms. The van der Waals surface area contributed by atoms with E-state index in [0.717, 1.165) is 51.0 Å². The molecule has 0 spiro atoms. The number of allylic oxidation sites excluding steroid dienone is 2. The number of hydrogen-bond donors (Lipinski definition) is 1. The van der Waals surface area contributed by atoms with Crippen LogP contribution in [0.1, 0.15) is 37.8 Å². The number of hydrogen-bond acceptors (Lipinski definition) is 5. The minimum Gasteiger partial charge on any atom is -0.328 e. The standard InChI is InChI=1S/C17H17BrN4OS/c1-2-24-17-20-16-19-12-7-4-8-13(23)14(12)15(22(16)21-17)10-5-3-6-11(18)9-10/h3,5-6,9,15H,2,4,7-8H2,1H3,(H,19,20,21). The maximum Gasteiger partial charge on any atom is 0.227 e. The molecule has 1 atom stereocenters. The molecule has 0 amide bonds. The average molecular weight is 405 g/mol. The molecule has 1 unspecified atom stereocenters. The number of aromatic nitrogens is 3. The molecule has 1 aliphatic heterocycles. The quantitative estimate of drug-likeness (QED) is 0.777. The van der Waals surface area contributed by atoms with Crippen LogP contribution in [0.3, 0.4) is 0 Å².